The Hall–Kier alpha value is -1.02. The van der Waals surface area contributed by atoms with Gasteiger partial charge in [0.25, 0.3) is 0 Å². The highest BCUT2D eigenvalue weighted by molar-refractivity contribution is 5.31. The topological polar surface area (TPSA) is 21.3 Å². The Morgan fingerprint density at radius 1 is 1.22 bits per heavy atom. The van der Waals surface area contributed by atoms with Crippen LogP contribution in [-0.2, 0) is 0 Å². The van der Waals surface area contributed by atoms with Crippen molar-refractivity contribution in [3.8, 4) is 5.75 Å². The molecule has 2 aliphatic rings. The first-order valence-corrected chi connectivity index (χ1v) is 7.22. The van der Waals surface area contributed by atoms with Crippen molar-refractivity contribution in [1.29, 1.82) is 0 Å². The second kappa shape index (κ2) is 4.93. The molecule has 2 heteroatoms. The van der Waals surface area contributed by atoms with E-state index in [0.717, 1.165) is 30.0 Å². The number of fused-ring (bicyclic) bond motifs is 1. The predicted octanol–water partition coefficient (Wildman–Crippen LogP) is 3.39. The molecule has 0 spiro atoms. The van der Waals surface area contributed by atoms with E-state index in [1.165, 1.54) is 24.8 Å². The highest BCUT2D eigenvalue weighted by Gasteiger charge is 2.55. The van der Waals surface area contributed by atoms with Crippen LogP contribution in [0.1, 0.15) is 37.8 Å². The van der Waals surface area contributed by atoms with Gasteiger partial charge in [-0.1, -0.05) is 25.5 Å². The van der Waals surface area contributed by atoms with Crippen LogP contribution in [0, 0.1) is 17.8 Å². The molecule has 3 rings (SSSR count). The average Bonchev–Trinajstić information content (AvgIpc) is 2.87. The van der Waals surface area contributed by atoms with Crippen molar-refractivity contribution in [3.05, 3.63) is 29.8 Å². The summed E-state index contributed by atoms with van der Waals surface area (Å²) in [6.07, 6.45) is 4.36. The van der Waals surface area contributed by atoms with E-state index in [-0.39, 0.29) is 0 Å². The predicted molar refractivity (Wildman–Crippen MR) is 73.7 cm³/mol. The van der Waals surface area contributed by atoms with Crippen molar-refractivity contribution in [2.45, 2.75) is 32.2 Å². The van der Waals surface area contributed by atoms with E-state index in [9.17, 15) is 0 Å². The van der Waals surface area contributed by atoms with Crippen LogP contribution in [0.5, 0.6) is 5.75 Å². The first-order chi connectivity index (χ1) is 8.85. The number of benzene rings is 1. The van der Waals surface area contributed by atoms with Crippen LogP contribution in [0.4, 0.5) is 0 Å². The summed E-state index contributed by atoms with van der Waals surface area (Å²) in [4.78, 5) is 0. The van der Waals surface area contributed by atoms with Crippen LogP contribution in [0.2, 0.25) is 0 Å². The van der Waals surface area contributed by atoms with Gasteiger partial charge < -0.3 is 10.1 Å². The van der Waals surface area contributed by atoms with Crippen molar-refractivity contribution < 1.29 is 4.74 Å². The Kier molecular flexibility index (Phi) is 3.29. The summed E-state index contributed by atoms with van der Waals surface area (Å²) < 4.78 is 5.24. The maximum atomic E-state index is 5.24. The van der Waals surface area contributed by atoms with Crippen LogP contribution >= 0.6 is 0 Å². The third-order valence-corrected chi connectivity index (χ3v) is 4.76. The number of hydrogen-bond acceptors (Lipinski definition) is 2. The molecule has 0 saturated heterocycles. The van der Waals surface area contributed by atoms with Gasteiger partial charge in [-0.25, -0.2) is 0 Å². The van der Waals surface area contributed by atoms with Gasteiger partial charge in [-0.3, -0.25) is 0 Å². The fourth-order valence-corrected chi connectivity index (χ4v) is 3.88. The van der Waals surface area contributed by atoms with Crippen LogP contribution in [0.3, 0.4) is 0 Å². The Bertz CT molecular complexity index is 390. The number of ether oxygens (including phenoxy) is 1. The van der Waals surface area contributed by atoms with Crippen molar-refractivity contribution in [1.82, 2.24) is 5.32 Å². The Morgan fingerprint density at radius 2 is 1.89 bits per heavy atom. The Morgan fingerprint density at radius 3 is 2.44 bits per heavy atom. The van der Waals surface area contributed by atoms with Gasteiger partial charge in [-0.15, -0.1) is 0 Å². The molecular weight excluding hydrogens is 222 g/mol. The van der Waals surface area contributed by atoms with Crippen LogP contribution < -0.4 is 10.1 Å². The standard InChI is InChI=1S/C16H23NO/c1-3-17-16(15-13-5-4-6-14(13)15)11-7-9-12(18-2)10-8-11/h7-10,13-17H,3-6H2,1-2H3. The summed E-state index contributed by atoms with van der Waals surface area (Å²) in [5.41, 5.74) is 1.43. The molecule has 0 bridgehead atoms. The van der Waals surface area contributed by atoms with E-state index in [4.69, 9.17) is 4.74 Å². The SMILES string of the molecule is CCNC(c1ccc(OC)cc1)C1C2CCCC21. The molecule has 1 aromatic carbocycles. The minimum absolute atomic E-state index is 0.552. The molecule has 2 nitrogen and oxygen atoms in total. The summed E-state index contributed by atoms with van der Waals surface area (Å²) in [6, 6.07) is 9.16. The number of nitrogens with one attached hydrogen (secondary N) is 1. The summed E-state index contributed by atoms with van der Waals surface area (Å²) in [7, 11) is 1.72. The largest absolute Gasteiger partial charge is 0.497 e. The molecule has 0 heterocycles. The van der Waals surface area contributed by atoms with Gasteiger partial charge in [0.2, 0.25) is 0 Å². The third kappa shape index (κ3) is 2.03. The summed E-state index contributed by atoms with van der Waals surface area (Å²) in [5.74, 6) is 3.82. The van der Waals surface area contributed by atoms with Crippen LogP contribution in [-0.4, -0.2) is 13.7 Å². The lowest BCUT2D eigenvalue weighted by atomic mass is 9.97. The molecule has 1 aromatic rings. The summed E-state index contributed by atoms with van der Waals surface area (Å²) in [5, 5.41) is 3.69. The van der Waals surface area contributed by atoms with Gasteiger partial charge in [0, 0.05) is 6.04 Å². The van der Waals surface area contributed by atoms with Gasteiger partial charge in [0.1, 0.15) is 5.75 Å². The maximum absolute atomic E-state index is 5.24. The van der Waals surface area contributed by atoms with Crippen molar-refractivity contribution >= 4 is 0 Å². The second-order valence-electron chi connectivity index (χ2n) is 5.64. The molecule has 98 valence electrons. The quantitative estimate of drug-likeness (QED) is 0.858. The highest BCUT2D eigenvalue weighted by atomic mass is 16.5. The fraction of sp³-hybridized carbons (Fsp3) is 0.625. The first kappa shape index (κ1) is 12.0. The minimum Gasteiger partial charge on any atom is -0.497 e. The van der Waals surface area contributed by atoms with Gasteiger partial charge in [-0.05, 0) is 54.8 Å². The van der Waals surface area contributed by atoms with Crippen molar-refractivity contribution in [3.63, 3.8) is 0 Å². The molecule has 1 N–H and O–H groups in total. The molecule has 0 aromatic heterocycles. The van der Waals surface area contributed by atoms with Crippen molar-refractivity contribution in [2.24, 2.45) is 17.8 Å². The van der Waals surface area contributed by atoms with E-state index < -0.39 is 0 Å². The van der Waals surface area contributed by atoms with E-state index >= 15 is 0 Å². The summed E-state index contributed by atoms with van der Waals surface area (Å²) >= 11 is 0. The van der Waals surface area contributed by atoms with Crippen molar-refractivity contribution in [2.75, 3.05) is 13.7 Å². The molecule has 2 aliphatic carbocycles. The van der Waals surface area contributed by atoms with E-state index in [0.29, 0.717) is 6.04 Å². The van der Waals surface area contributed by atoms with E-state index in [2.05, 4.69) is 36.5 Å². The monoisotopic (exact) mass is 245 g/mol. The van der Waals surface area contributed by atoms with Crippen LogP contribution in [0.25, 0.3) is 0 Å². The fourth-order valence-electron chi connectivity index (χ4n) is 3.88. The van der Waals surface area contributed by atoms with Gasteiger partial charge >= 0.3 is 0 Å². The molecule has 0 radical (unpaired) electrons. The van der Waals surface area contributed by atoms with E-state index in [1.807, 2.05) is 0 Å². The Balaban J connectivity index is 1.76. The zero-order valence-electron chi connectivity index (χ0n) is 11.4. The van der Waals surface area contributed by atoms with Crippen LogP contribution in [0.15, 0.2) is 24.3 Å². The number of hydrogen-bond donors (Lipinski definition) is 1. The molecular formula is C16H23NO. The smallest absolute Gasteiger partial charge is 0.118 e. The zero-order chi connectivity index (χ0) is 12.5. The second-order valence-corrected chi connectivity index (χ2v) is 5.64. The lowest BCUT2D eigenvalue weighted by molar-refractivity contribution is 0.411. The lowest BCUT2D eigenvalue weighted by Gasteiger charge is -2.20. The van der Waals surface area contributed by atoms with E-state index in [1.54, 1.807) is 7.11 Å². The maximum Gasteiger partial charge on any atom is 0.118 e. The van der Waals surface area contributed by atoms with Gasteiger partial charge in [0.05, 0.1) is 7.11 Å². The Labute approximate surface area is 110 Å². The summed E-state index contributed by atoms with van der Waals surface area (Å²) in [6.45, 7) is 3.25. The molecule has 18 heavy (non-hydrogen) atoms. The normalized spacial score (nSPS) is 30.9. The molecule has 3 atom stereocenters. The molecule has 2 saturated carbocycles. The molecule has 0 amide bonds. The average molecular weight is 245 g/mol. The highest BCUT2D eigenvalue weighted by Crippen LogP contribution is 2.62. The first-order valence-electron chi connectivity index (χ1n) is 7.22. The van der Waals surface area contributed by atoms with Gasteiger partial charge in [0.15, 0.2) is 0 Å². The zero-order valence-corrected chi connectivity index (χ0v) is 11.4. The number of methoxy groups -OCH3 is 1. The molecule has 3 unspecified atom stereocenters. The van der Waals surface area contributed by atoms with Gasteiger partial charge in [-0.2, -0.15) is 0 Å². The third-order valence-electron chi connectivity index (χ3n) is 4.76. The minimum atomic E-state index is 0.552. The lowest BCUT2D eigenvalue weighted by Crippen LogP contribution is -2.24. The molecule has 2 fully saturated rings. The molecule has 0 aliphatic heterocycles. The number of rotatable bonds is 5.